The summed E-state index contributed by atoms with van der Waals surface area (Å²) in [5.74, 6) is 0. The van der Waals surface area contributed by atoms with E-state index >= 15 is 0 Å². The van der Waals surface area contributed by atoms with Gasteiger partial charge in [0.2, 0.25) is 0 Å². The first kappa shape index (κ1) is 14.0. The van der Waals surface area contributed by atoms with Crippen molar-refractivity contribution in [2.24, 2.45) is 0 Å². The van der Waals surface area contributed by atoms with E-state index in [0.717, 1.165) is 32.2 Å². The summed E-state index contributed by atoms with van der Waals surface area (Å²) in [7, 11) is 0. The molecule has 0 spiro atoms. The summed E-state index contributed by atoms with van der Waals surface area (Å²) >= 11 is 0. The van der Waals surface area contributed by atoms with Crippen molar-refractivity contribution in [1.29, 1.82) is 0 Å². The van der Waals surface area contributed by atoms with E-state index in [1.165, 1.54) is 18.4 Å². The van der Waals surface area contributed by atoms with E-state index in [1.807, 2.05) is 0 Å². The molecule has 1 N–H and O–H groups in total. The molecule has 0 radical (unpaired) electrons. The van der Waals surface area contributed by atoms with Crippen LogP contribution in [0.5, 0.6) is 0 Å². The van der Waals surface area contributed by atoms with Gasteiger partial charge >= 0.3 is 0 Å². The van der Waals surface area contributed by atoms with Crippen LogP contribution >= 0.6 is 0 Å². The average Bonchev–Trinajstić information content (AvgIpc) is 2.92. The molecule has 0 aromatic heterocycles. The third-order valence-corrected chi connectivity index (χ3v) is 3.43. The second-order valence-electron chi connectivity index (χ2n) is 7.17. The van der Waals surface area contributed by atoms with Crippen molar-refractivity contribution in [1.82, 2.24) is 10.2 Å². The van der Waals surface area contributed by atoms with Crippen molar-refractivity contribution in [2.45, 2.75) is 57.8 Å². The zero-order chi connectivity index (χ0) is 13.4. The lowest BCUT2D eigenvalue weighted by Crippen LogP contribution is -2.57. The Morgan fingerprint density at radius 1 is 1.22 bits per heavy atom. The molecule has 0 atom stereocenters. The third kappa shape index (κ3) is 4.38. The van der Waals surface area contributed by atoms with Gasteiger partial charge < -0.3 is 10.1 Å². The van der Waals surface area contributed by atoms with Gasteiger partial charge in [-0.15, -0.1) is 0 Å². The molecule has 0 bridgehead atoms. The summed E-state index contributed by atoms with van der Waals surface area (Å²) in [6, 6.07) is 0.763. The molecule has 1 aliphatic carbocycles. The number of hydrogen-bond donors (Lipinski definition) is 1. The van der Waals surface area contributed by atoms with Gasteiger partial charge in [-0.1, -0.05) is 6.58 Å². The van der Waals surface area contributed by atoms with E-state index in [1.54, 1.807) is 0 Å². The van der Waals surface area contributed by atoms with E-state index in [0.29, 0.717) is 0 Å². The lowest BCUT2D eigenvalue weighted by atomic mass is 9.98. The molecule has 1 heterocycles. The van der Waals surface area contributed by atoms with Gasteiger partial charge in [0, 0.05) is 32.2 Å². The van der Waals surface area contributed by atoms with E-state index in [-0.39, 0.29) is 11.2 Å². The molecule has 3 heteroatoms. The molecule has 18 heavy (non-hydrogen) atoms. The van der Waals surface area contributed by atoms with Crippen LogP contribution in [-0.2, 0) is 4.74 Å². The van der Waals surface area contributed by atoms with Gasteiger partial charge in [-0.3, -0.25) is 4.90 Å². The molecule has 2 fully saturated rings. The minimum absolute atomic E-state index is 0.0635. The molecule has 3 nitrogen and oxygen atoms in total. The minimum Gasteiger partial charge on any atom is -0.367 e. The van der Waals surface area contributed by atoms with Gasteiger partial charge in [0.1, 0.15) is 0 Å². The highest BCUT2D eigenvalue weighted by atomic mass is 16.5. The Labute approximate surface area is 112 Å². The fourth-order valence-electron chi connectivity index (χ4n) is 3.01. The zero-order valence-corrected chi connectivity index (χ0v) is 12.4. The summed E-state index contributed by atoms with van der Waals surface area (Å²) in [6.45, 7) is 16.8. The molecule has 2 rings (SSSR count). The number of morpholine rings is 1. The van der Waals surface area contributed by atoms with Gasteiger partial charge in [0.25, 0.3) is 0 Å². The first-order valence-electron chi connectivity index (χ1n) is 7.08. The van der Waals surface area contributed by atoms with Crippen molar-refractivity contribution >= 4 is 0 Å². The topological polar surface area (TPSA) is 24.5 Å². The number of ether oxygens (including phenoxy) is 1. The predicted octanol–water partition coefficient (Wildman–Crippen LogP) is 2.18. The van der Waals surface area contributed by atoms with Crippen LogP contribution in [0.15, 0.2) is 12.2 Å². The number of nitrogens with zero attached hydrogens (tertiary/aromatic N) is 1. The lowest BCUT2D eigenvalue weighted by Gasteiger charge is -2.47. The highest BCUT2D eigenvalue weighted by Gasteiger charge is 2.37. The monoisotopic (exact) mass is 252 g/mol. The zero-order valence-electron chi connectivity index (χ0n) is 12.4. The van der Waals surface area contributed by atoms with Crippen LogP contribution in [0.4, 0.5) is 0 Å². The molecule has 1 aliphatic heterocycles. The maximum Gasteiger partial charge on any atom is 0.0760 e. The Morgan fingerprint density at radius 2 is 1.78 bits per heavy atom. The Bertz CT molecular complexity index is 302. The molecular formula is C15H28N2O. The fourth-order valence-corrected chi connectivity index (χ4v) is 3.01. The van der Waals surface area contributed by atoms with E-state index in [2.05, 4.69) is 44.5 Å². The summed E-state index contributed by atoms with van der Waals surface area (Å²) in [5.41, 5.74) is 1.16. The highest BCUT2D eigenvalue weighted by Crippen LogP contribution is 2.28. The summed E-state index contributed by atoms with van der Waals surface area (Å²) < 4.78 is 6.09. The van der Waals surface area contributed by atoms with Crippen molar-refractivity contribution < 1.29 is 4.74 Å². The van der Waals surface area contributed by atoms with Crippen LogP contribution < -0.4 is 5.32 Å². The average molecular weight is 252 g/mol. The van der Waals surface area contributed by atoms with Crippen LogP contribution in [0.2, 0.25) is 0 Å². The van der Waals surface area contributed by atoms with Crippen molar-refractivity contribution in [2.75, 3.05) is 26.2 Å². The largest absolute Gasteiger partial charge is 0.367 e. The lowest BCUT2D eigenvalue weighted by molar-refractivity contribution is -0.178. The molecule has 1 saturated carbocycles. The highest BCUT2D eigenvalue weighted by molar-refractivity contribution is 5.04. The second-order valence-corrected chi connectivity index (χ2v) is 7.17. The maximum absolute atomic E-state index is 6.09. The normalized spacial score (nSPS) is 27.1. The van der Waals surface area contributed by atoms with Gasteiger partial charge in [-0.05, 0) is 46.1 Å². The fraction of sp³-hybridized carbons (Fsp3) is 0.867. The van der Waals surface area contributed by atoms with Crippen LogP contribution in [0.3, 0.4) is 0 Å². The predicted molar refractivity (Wildman–Crippen MR) is 75.8 cm³/mol. The van der Waals surface area contributed by atoms with Crippen LogP contribution in [0, 0.1) is 0 Å². The van der Waals surface area contributed by atoms with E-state index in [9.17, 15) is 0 Å². The summed E-state index contributed by atoms with van der Waals surface area (Å²) in [4.78, 5) is 2.47. The smallest absolute Gasteiger partial charge is 0.0760 e. The standard InChI is InChI=1S/C15H28N2O/c1-12(8-16-13-6-7-13)9-17-10-14(2,3)18-15(4,5)11-17/h13,16H,1,6-11H2,2-5H3. The van der Waals surface area contributed by atoms with Crippen LogP contribution in [0.25, 0.3) is 0 Å². The summed E-state index contributed by atoms with van der Waals surface area (Å²) in [5, 5.41) is 3.53. The van der Waals surface area contributed by atoms with E-state index < -0.39 is 0 Å². The van der Waals surface area contributed by atoms with Crippen molar-refractivity contribution in [3.8, 4) is 0 Å². The SMILES string of the molecule is C=C(CNC1CC1)CN1CC(C)(C)OC(C)(C)C1. The molecule has 0 aromatic carbocycles. The quantitative estimate of drug-likeness (QED) is 0.759. The van der Waals surface area contributed by atoms with E-state index in [4.69, 9.17) is 4.74 Å². The molecule has 0 aromatic rings. The Balaban J connectivity index is 1.81. The van der Waals surface area contributed by atoms with Crippen LogP contribution in [-0.4, -0.2) is 48.3 Å². The first-order chi connectivity index (χ1) is 8.26. The van der Waals surface area contributed by atoms with Gasteiger partial charge in [0.15, 0.2) is 0 Å². The van der Waals surface area contributed by atoms with Crippen molar-refractivity contribution in [3.05, 3.63) is 12.2 Å². The van der Waals surface area contributed by atoms with Crippen molar-refractivity contribution in [3.63, 3.8) is 0 Å². The molecule has 2 aliphatic rings. The number of rotatable bonds is 5. The van der Waals surface area contributed by atoms with Gasteiger partial charge in [-0.25, -0.2) is 0 Å². The third-order valence-electron chi connectivity index (χ3n) is 3.43. The minimum atomic E-state index is -0.0635. The summed E-state index contributed by atoms with van der Waals surface area (Å²) in [6.07, 6.45) is 2.68. The number of nitrogens with one attached hydrogen (secondary N) is 1. The first-order valence-corrected chi connectivity index (χ1v) is 7.08. The molecule has 0 amide bonds. The number of hydrogen-bond acceptors (Lipinski definition) is 3. The Hall–Kier alpha value is -0.380. The molecule has 1 saturated heterocycles. The second kappa shape index (κ2) is 4.95. The van der Waals surface area contributed by atoms with Crippen LogP contribution in [0.1, 0.15) is 40.5 Å². The van der Waals surface area contributed by atoms with Gasteiger partial charge in [0.05, 0.1) is 11.2 Å². The molecule has 0 unspecified atom stereocenters. The van der Waals surface area contributed by atoms with Gasteiger partial charge in [-0.2, -0.15) is 0 Å². The Kier molecular flexibility index (Phi) is 3.86. The molecular weight excluding hydrogens is 224 g/mol. The Morgan fingerprint density at radius 3 is 2.28 bits per heavy atom. The molecule has 104 valence electrons. The maximum atomic E-state index is 6.09.